The Morgan fingerprint density at radius 3 is 2.45 bits per heavy atom. The maximum atomic E-state index is 12.8. The summed E-state index contributed by atoms with van der Waals surface area (Å²) in [4.78, 5) is 10.9. The maximum Gasteiger partial charge on any atom is 0.306 e. The van der Waals surface area contributed by atoms with E-state index in [2.05, 4.69) is 12.2 Å². The molecule has 0 aromatic heterocycles. The SMILES string of the molecule is CC(Cc1ccc(F)cc1)NC1CCC(C(=O)O)CC1. The van der Waals surface area contributed by atoms with E-state index in [9.17, 15) is 9.18 Å². The molecule has 2 rings (SSSR count). The van der Waals surface area contributed by atoms with Gasteiger partial charge < -0.3 is 10.4 Å². The fourth-order valence-corrected chi connectivity index (χ4v) is 2.94. The molecule has 1 fully saturated rings. The van der Waals surface area contributed by atoms with Gasteiger partial charge in [-0.05, 0) is 56.7 Å². The number of carboxylic acids is 1. The van der Waals surface area contributed by atoms with Crippen LogP contribution in [0.1, 0.15) is 38.2 Å². The van der Waals surface area contributed by atoms with Crippen molar-refractivity contribution in [2.45, 2.75) is 51.1 Å². The average Bonchev–Trinajstić information content (AvgIpc) is 2.42. The van der Waals surface area contributed by atoms with Gasteiger partial charge in [-0.3, -0.25) is 4.79 Å². The van der Waals surface area contributed by atoms with E-state index in [1.165, 1.54) is 12.1 Å². The predicted octanol–water partition coefficient (Wildman–Crippen LogP) is 2.99. The Bertz CT molecular complexity index is 438. The second-order valence-electron chi connectivity index (χ2n) is 5.79. The Morgan fingerprint density at radius 1 is 1.30 bits per heavy atom. The molecule has 1 aliphatic rings. The summed E-state index contributed by atoms with van der Waals surface area (Å²) in [5.74, 6) is -1.04. The molecule has 0 amide bonds. The number of hydrogen-bond acceptors (Lipinski definition) is 2. The van der Waals surface area contributed by atoms with Crippen LogP contribution in [0.25, 0.3) is 0 Å². The van der Waals surface area contributed by atoms with Crippen LogP contribution in [-0.4, -0.2) is 23.2 Å². The van der Waals surface area contributed by atoms with E-state index in [1.54, 1.807) is 0 Å². The highest BCUT2D eigenvalue weighted by Gasteiger charge is 2.26. The third-order valence-electron chi connectivity index (χ3n) is 4.05. The van der Waals surface area contributed by atoms with Crippen molar-refractivity contribution in [3.05, 3.63) is 35.6 Å². The minimum absolute atomic E-state index is 0.166. The van der Waals surface area contributed by atoms with E-state index >= 15 is 0 Å². The Morgan fingerprint density at radius 2 is 1.90 bits per heavy atom. The van der Waals surface area contributed by atoms with Crippen LogP contribution >= 0.6 is 0 Å². The Labute approximate surface area is 119 Å². The van der Waals surface area contributed by atoms with Crippen molar-refractivity contribution < 1.29 is 14.3 Å². The highest BCUT2D eigenvalue weighted by molar-refractivity contribution is 5.70. The topological polar surface area (TPSA) is 49.3 Å². The predicted molar refractivity (Wildman–Crippen MR) is 76.1 cm³/mol. The number of benzene rings is 1. The number of nitrogens with one attached hydrogen (secondary N) is 1. The van der Waals surface area contributed by atoms with Crippen molar-refractivity contribution in [1.29, 1.82) is 0 Å². The van der Waals surface area contributed by atoms with Gasteiger partial charge in [-0.25, -0.2) is 4.39 Å². The molecule has 0 spiro atoms. The molecule has 1 unspecified atom stereocenters. The van der Waals surface area contributed by atoms with Gasteiger partial charge in [0.25, 0.3) is 0 Å². The van der Waals surface area contributed by atoms with E-state index < -0.39 is 5.97 Å². The first-order valence-corrected chi connectivity index (χ1v) is 7.28. The zero-order valence-corrected chi connectivity index (χ0v) is 11.8. The van der Waals surface area contributed by atoms with Gasteiger partial charge in [-0.2, -0.15) is 0 Å². The van der Waals surface area contributed by atoms with Crippen molar-refractivity contribution in [1.82, 2.24) is 5.32 Å². The van der Waals surface area contributed by atoms with Crippen molar-refractivity contribution in [3.8, 4) is 0 Å². The molecule has 110 valence electrons. The summed E-state index contributed by atoms with van der Waals surface area (Å²) in [6.45, 7) is 2.12. The number of halogens is 1. The monoisotopic (exact) mass is 279 g/mol. The molecule has 0 bridgehead atoms. The highest BCUT2D eigenvalue weighted by atomic mass is 19.1. The average molecular weight is 279 g/mol. The first kappa shape index (κ1) is 15.0. The van der Waals surface area contributed by atoms with Crippen LogP contribution in [0.4, 0.5) is 4.39 Å². The zero-order chi connectivity index (χ0) is 14.5. The van der Waals surface area contributed by atoms with Crippen LogP contribution < -0.4 is 5.32 Å². The van der Waals surface area contributed by atoms with Crippen LogP contribution in [0.2, 0.25) is 0 Å². The third-order valence-corrected chi connectivity index (χ3v) is 4.05. The lowest BCUT2D eigenvalue weighted by atomic mass is 9.85. The lowest BCUT2D eigenvalue weighted by Gasteiger charge is -2.29. The van der Waals surface area contributed by atoms with Gasteiger partial charge in [-0.15, -0.1) is 0 Å². The third kappa shape index (κ3) is 4.30. The fraction of sp³-hybridized carbons (Fsp3) is 0.562. The van der Waals surface area contributed by atoms with E-state index in [4.69, 9.17) is 5.11 Å². The van der Waals surface area contributed by atoms with Crippen molar-refractivity contribution in [2.24, 2.45) is 5.92 Å². The molecule has 0 radical (unpaired) electrons. The van der Waals surface area contributed by atoms with E-state index in [-0.39, 0.29) is 11.7 Å². The van der Waals surface area contributed by atoms with Crippen molar-refractivity contribution >= 4 is 5.97 Å². The molecule has 2 N–H and O–H groups in total. The molecule has 1 atom stereocenters. The quantitative estimate of drug-likeness (QED) is 0.871. The van der Waals surface area contributed by atoms with Gasteiger partial charge >= 0.3 is 5.97 Å². The van der Waals surface area contributed by atoms with Crippen LogP contribution in [0, 0.1) is 11.7 Å². The molecule has 1 saturated carbocycles. The standard InChI is InChI=1S/C16H22FNO2/c1-11(10-12-2-6-14(17)7-3-12)18-15-8-4-13(5-9-15)16(19)20/h2-3,6-7,11,13,15,18H,4-5,8-10H2,1H3,(H,19,20). The van der Waals surface area contributed by atoms with Crippen LogP contribution in [0.15, 0.2) is 24.3 Å². The second-order valence-corrected chi connectivity index (χ2v) is 5.79. The van der Waals surface area contributed by atoms with E-state index in [1.807, 2.05) is 12.1 Å². The van der Waals surface area contributed by atoms with Gasteiger partial charge in [0, 0.05) is 12.1 Å². The molecule has 20 heavy (non-hydrogen) atoms. The van der Waals surface area contributed by atoms with Crippen molar-refractivity contribution in [2.75, 3.05) is 0 Å². The Kier molecular flexibility index (Phi) is 5.12. The summed E-state index contributed by atoms with van der Waals surface area (Å²) >= 11 is 0. The second kappa shape index (κ2) is 6.84. The molecule has 0 saturated heterocycles. The fourth-order valence-electron chi connectivity index (χ4n) is 2.94. The van der Waals surface area contributed by atoms with Crippen LogP contribution in [0.3, 0.4) is 0 Å². The minimum atomic E-state index is -0.664. The molecule has 1 aliphatic carbocycles. The van der Waals surface area contributed by atoms with E-state index in [0.717, 1.165) is 37.7 Å². The van der Waals surface area contributed by atoms with E-state index in [0.29, 0.717) is 12.1 Å². The van der Waals surface area contributed by atoms with Crippen LogP contribution in [0.5, 0.6) is 0 Å². The van der Waals surface area contributed by atoms with Gasteiger partial charge in [-0.1, -0.05) is 12.1 Å². The summed E-state index contributed by atoms with van der Waals surface area (Å²) in [5.41, 5.74) is 1.12. The first-order valence-electron chi connectivity index (χ1n) is 7.28. The molecule has 0 aliphatic heterocycles. The minimum Gasteiger partial charge on any atom is -0.481 e. The lowest BCUT2D eigenvalue weighted by Crippen LogP contribution is -2.40. The van der Waals surface area contributed by atoms with Crippen molar-refractivity contribution in [3.63, 3.8) is 0 Å². The summed E-state index contributed by atoms with van der Waals surface area (Å²) in [5, 5.41) is 12.5. The van der Waals surface area contributed by atoms with Gasteiger partial charge in [0.2, 0.25) is 0 Å². The maximum absolute atomic E-state index is 12.8. The Hall–Kier alpha value is -1.42. The summed E-state index contributed by atoms with van der Waals surface area (Å²) in [7, 11) is 0. The number of carboxylic acid groups (broad SMARTS) is 1. The molecule has 1 aromatic carbocycles. The normalized spacial score (nSPS) is 24.3. The number of rotatable bonds is 5. The largest absolute Gasteiger partial charge is 0.481 e. The molecule has 4 heteroatoms. The number of aliphatic carboxylic acids is 1. The number of carbonyl (C=O) groups is 1. The highest BCUT2D eigenvalue weighted by Crippen LogP contribution is 2.24. The zero-order valence-electron chi connectivity index (χ0n) is 11.8. The summed E-state index contributed by atoms with van der Waals surface area (Å²) in [6.07, 6.45) is 4.22. The van der Waals surface area contributed by atoms with Gasteiger partial charge in [0.15, 0.2) is 0 Å². The molecule has 3 nitrogen and oxygen atoms in total. The molecule has 0 heterocycles. The summed E-state index contributed by atoms with van der Waals surface area (Å²) in [6, 6.07) is 7.32. The van der Waals surface area contributed by atoms with Gasteiger partial charge in [0.1, 0.15) is 5.82 Å². The van der Waals surface area contributed by atoms with Crippen LogP contribution in [-0.2, 0) is 11.2 Å². The first-order chi connectivity index (χ1) is 9.54. The lowest BCUT2D eigenvalue weighted by molar-refractivity contribution is -0.142. The van der Waals surface area contributed by atoms with Gasteiger partial charge in [0.05, 0.1) is 5.92 Å². The smallest absolute Gasteiger partial charge is 0.306 e. The molecular weight excluding hydrogens is 257 g/mol. The summed E-state index contributed by atoms with van der Waals surface area (Å²) < 4.78 is 12.8. The molecular formula is C16H22FNO2. The molecule has 1 aromatic rings. The number of hydrogen-bond donors (Lipinski definition) is 2. The Balaban J connectivity index is 1.76.